The summed E-state index contributed by atoms with van der Waals surface area (Å²) in [6, 6.07) is 3.70. The number of anilines is 1. The molecule has 298 valence electrons. The molecule has 2 saturated heterocycles. The molecule has 53 heavy (non-hydrogen) atoms. The minimum Gasteiger partial charge on any atom is -0.399 e. The van der Waals surface area contributed by atoms with Crippen molar-refractivity contribution in [3.8, 4) is 0 Å². The Morgan fingerprint density at radius 1 is 0.981 bits per heavy atom. The van der Waals surface area contributed by atoms with Crippen molar-refractivity contribution in [3.05, 3.63) is 35.9 Å². The van der Waals surface area contributed by atoms with Crippen molar-refractivity contribution in [3.63, 3.8) is 0 Å². The fourth-order valence-corrected chi connectivity index (χ4v) is 8.62. The third-order valence-electron chi connectivity index (χ3n) is 10.7. The van der Waals surface area contributed by atoms with Crippen molar-refractivity contribution in [2.24, 2.45) is 17.3 Å². The van der Waals surface area contributed by atoms with Gasteiger partial charge in [0, 0.05) is 38.0 Å². The molecule has 2 fully saturated rings. The van der Waals surface area contributed by atoms with Crippen molar-refractivity contribution in [1.82, 2.24) is 24.7 Å². The molecule has 14 heteroatoms. The third-order valence-corrected chi connectivity index (χ3v) is 12.1. The zero-order valence-corrected chi connectivity index (χ0v) is 34.5. The number of nitrogen functional groups attached to an aromatic ring is 1. The number of sulfonamides is 1. The number of benzene rings is 1. The van der Waals surface area contributed by atoms with E-state index in [1.807, 2.05) is 34.6 Å². The van der Waals surface area contributed by atoms with E-state index in [2.05, 4.69) is 28.8 Å². The fraction of sp³-hybridized carbons (Fsp3) is 0.692. The number of hydrogen-bond acceptors (Lipinski definition) is 9. The molecule has 1 aromatic rings. The quantitative estimate of drug-likeness (QED) is 0.188. The molecule has 2 aliphatic rings. The summed E-state index contributed by atoms with van der Waals surface area (Å²) in [7, 11) is -1.000. The summed E-state index contributed by atoms with van der Waals surface area (Å²) in [6.07, 6.45) is 5.01. The second kappa shape index (κ2) is 18.2. The van der Waals surface area contributed by atoms with Crippen LogP contribution in [0, 0.1) is 17.3 Å². The molecule has 2 heterocycles. The van der Waals surface area contributed by atoms with Crippen LogP contribution in [-0.2, 0) is 33.9 Å². The van der Waals surface area contributed by atoms with Gasteiger partial charge in [0.1, 0.15) is 6.04 Å². The maximum absolute atomic E-state index is 14.3. The average Bonchev–Trinajstić information content (AvgIpc) is 3.57. The number of amides is 4. The van der Waals surface area contributed by atoms with Crippen LogP contribution >= 0.6 is 0 Å². The molecule has 1 aromatic carbocycles. The number of nitrogens with two attached hydrogens (primary N) is 1. The molecular formula is C39H64N6O7S. The normalized spacial score (nSPS) is 21.2. The Morgan fingerprint density at radius 2 is 1.60 bits per heavy atom. The lowest BCUT2D eigenvalue weighted by Gasteiger charge is -2.41. The van der Waals surface area contributed by atoms with Gasteiger partial charge in [0.2, 0.25) is 23.6 Å². The summed E-state index contributed by atoms with van der Waals surface area (Å²) in [5.41, 5.74) is 5.93. The molecule has 6 atom stereocenters. The van der Waals surface area contributed by atoms with Crippen LogP contribution in [0.3, 0.4) is 0 Å². The first-order valence-electron chi connectivity index (χ1n) is 18.9. The van der Waals surface area contributed by atoms with Gasteiger partial charge in [0.25, 0.3) is 10.0 Å². The Balaban J connectivity index is 1.80. The van der Waals surface area contributed by atoms with Crippen molar-refractivity contribution in [2.45, 2.75) is 136 Å². The van der Waals surface area contributed by atoms with Gasteiger partial charge in [0.05, 0.1) is 35.0 Å². The van der Waals surface area contributed by atoms with E-state index in [0.717, 1.165) is 25.8 Å². The van der Waals surface area contributed by atoms with E-state index in [0.29, 0.717) is 30.6 Å². The van der Waals surface area contributed by atoms with Gasteiger partial charge in [-0.3, -0.25) is 24.1 Å². The van der Waals surface area contributed by atoms with Gasteiger partial charge in [-0.2, -0.15) is 0 Å². The van der Waals surface area contributed by atoms with E-state index in [4.69, 9.17) is 10.5 Å². The second-order valence-electron chi connectivity index (χ2n) is 16.4. The molecule has 0 saturated carbocycles. The Bertz CT molecular complexity index is 1590. The van der Waals surface area contributed by atoms with Crippen LogP contribution in [0.5, 0.6) is 0 Å². The number of carbonyl (C=O) groups excluding carboxylic acids is 4. The molecule has 4 N–H and O–H groups in total. The molecule has 4 amide bonds. The van der Waals surface area contributed by atoms with Gasteiger partial charge < -0.3 is 25.6 Å². The maximum Gasteiger partial charge on any atom is 0.264 e. The van der Waals surface area contributed by atoms with Crippen molar-refractivity contribution in [2.75, 3.05) is 33.0 Å². The minimum absolute atomic E-state index is 0.0642. The number of likely N-dealkylation sites (N-methyl/N-ethyl adjacent to an activating group) is 1. The van der Waals surface area contributed by atoms with Crippen LogP contribution in [0.2, 0.25) is 0 Å². The van der Waals surface area contributed by atoms with Crippen LogP contribution in [0.15, 0.2) is 40.8 Å². The lowest BCUT2D eigenvalue weighted by molar-refractivity contribution is -0.142. The highest BCUT2D eigenvalue weighted by Crippen LogP contribution is 2.30. The molecular weight excluding hydrogens is 697 g/mol. The third kappa shape index (κ3) is 10.8. The van der Waals surface area contributed by atoms with Crippen molar-refractivity contribution >= 4 is 39.3 Å². The number of likely N-dealkylation sites (tertiary alicyclic amines) is 2. The van der Waals surface area contributed by atoms with Crippen LogP contribution in [0.25, 0.3) is 0 Å². The Morgan fingerprint density at radius 3 is 2.15 bits per heavy atom. The SMILES string of the molecule is CO[C@H]([C@@H](C)C(=O)NS(=O)(=O)c1ccc(N)cc1)[C@@H]1CCCN1C(=O)/C(C)=C/[C@H](C(C)C)N(C)C(=O)[C@@H](NC(=O)[C@@H]1CCCCN1C(C)C)C(C)(C)C. The topological polar surface area (TPSA) is 171 Å². The van der Waals surface area contributed by atoms with E-state index in [1.54, 1.807) is 36.8 Å². The van der Waals surface area contributed by atoms with Crippen molar-refractivity contribution < 1.29 is 32.3 Å². The van der Waals surface area contributed by atoms with E-state index in [9.17, 15) is 27.6 Å². The zero-order chi connectivity index (χ0) is 40.0. The first-order chi connectivity index (χ1) is 24.6. The van der Waals surface area contributed by atoms with E-state index < -0.39 is 51.5 Å². The number of methoxy groups -OCH3 is 1. The van der Waals surface area contributed by atoms with E-state index in [-0.39, 0.29) is 40.6 Å². The monoisotopic (exact) mass is 760 g/mol. The molecule has 0 unspecified atom stereocenters. The second-order valence-corrected chi connectivity index (χ2v) is 18.1. The zero-order valence-electron chi connectivity index (χ0n) is 33.6. The lowest BCUT2D eigenvalue weighted by atomic mass is 9.84. The largest absolute Gasteiger partial charge is 0.399 e. The van der Waals surface area contributed by atoms with E-state index in [1.165, 1.54) is 31.4 Å². The molecule has 0 spiro atoms. The van der Waals surface area contributed by atoms with Gasteiger partial charge in [-0.25, -0.2) is 13.1 Å². The van der Waals surface area contributed by atoms with E-state index >= 15 is 0 Å². The molecule has 0 radical (unpaired) electrons. The standard InChI is InChI=1S/C39H64N6O7S/c1-24(2)32(43(10)38(49)34(39(7,8)9)41-36(47)31-15-12-13-21-44(31)25(3)4)23-26(5)37(48)45-22-14-16-30(45)33(52-11)27(6)35(46)42-53(50,51)29-19-17-28(40)18-20-29/h17-20,23-25,27,30-34H,12-16,21-22,40H2,1-11H3,(H,41,47)(H,42,46)/b26-23+/t27-,30+,31+,32-,33-,34-/m1/s1. The number of rotatable bonds is 14. The molecule has 13 nitrogen and oxygen atoms in total. The molecule has 3 rings (SSSR count). The van der Waals surface area contributed by atoms with Gasteiger partial charge in [-0.15, -0.1) is 0 Å². The van der Waals surface area contributed by atoms with Crippen LogP contribution in [0.4, 0.5) is 5.69 Å². The predicted molar refractivity (Wildman–Crippen MR) is 207 cm³/mol. The summed E-state index contributed by atoms with van der Waals surface area (Å²) in [6.45, 7) is 18.5. The summed E-state index contributed by atoms with van der Waals surface area (Å²) in [5, 5.41) is 3.12. The number of hydrogen-bond donors (Lipinski definition) is 3. The van der Waals surface area contributed by atoms with Crippen molar-refractivity contribution in [1.29, 1.82) is 0 Å². The Kier molecular flexibility index (Phi) is 15.1. The number of nitrogens with zero attached hydrogens (tertiary/aromatic N) is 3. The summed E-state index contributed by atoms with van der Waals surface area (Å²) in [4.78, 5) is 60.8. The lowest BCUT2D eigenvalue weighted by Crippen LogP contribution is -2.60. The van der Waals surface area contributed by atoms with Crippen LogP contribution in [-0.4, -0.2) is 110 Å². The van der Waals surface area contributed by atoms with Crippen LogP contribution < -0.4 is 15.8 Å². The highest BCUT2D eigenvalue weighted by Gasteiger charge is 2.42. The van der Waals surface area contributed by atoms with Gasteiger partial charge in [-0.1, -0.05) is 54.0 Å². The molecule has 0 aromatic heterocycles. The molecule has 0 aliphatic carbocycles. The first-order valence-corrected chi connectivity index (χ1v) is 20.4. The average molecular weight is 761 g/mol. The summed E-state index contributed by atoms with van der Waals surface area (Å²) >= 11 is 0. The first kappa shape index (κ1) is 43.9. The summed E-state index contributed by atoms with van der Waals surface area (Å²) < 4.78 is 33.8. The van der Waals surface area contributed by atoms with Gasteiger partial charge in [0.15, 0.2) is 0 Å². The highest BCUT2D eigenvalue weighted by atomic mass is 32.2. The van der Waals surface area contributed by atoms with Crippen LogP contribution in [0.1, 0.15) is 94.4 Å². The smallest absolute Gasteiger partial charge is 0.264 e. The number of piperidine rings is 1. The fourth-order valence-electron chi connectivity index (χ4n) is 7.56. The number of nitrogens with one attached hydrogen (secondary N) is 2. The summed E-state index contributed by atoms with van der Waals surface area (Å²) in [5.74, 6) is -2.35. The molecule has 2 aliphatic heterocycles. The van der Waals surface area contributed by atoms with Gasteiger partial charge in [-0.05, 0) is 88.6 Å². The maximum atomic E-state index is 14.3. The number of ether oxygens (including phenoxy) is 1. The van der Waals surface area contributed by atoms with Gasteiger partial charge >= 0.3 is 0 Å². The Hall–Kier alpha value is -3.49. The minimum atomic E-state index is -4.16. The molecule has 0 bridgehead atoms. The predicted octanol–water partition coefficient (Wildman–Crippen LogP) is 3.94. The Labute approximate surface area is 317 Å². The number of carbonyl (C=O) groups is 4. The highest BCUT2D eigenvalue weighted by molar-refractivity contribution is 7.90.